The number of benzene rings is 2. The minimum Gasteiger partial charge on any atom is -0.506 e. The number of phenols is 2. The number of aromatic hydroxyl groups is 2. The summed E-state index contributed by atoms with van der Waals surface area (Å²) in [6.07, 6.45) is 1.33. The first kappa shape index (κ1) is 15.5. The van der Waals surface area contributed by atoms with E-state index >= 15 is 0 Å². The lowest BCUT2D eigenvalue weighted by molar-refractivity contribution is 0.0641. The topological polar surface area (TPSA) is 104 Å². The van der Waals surface area contributed by atoms with Crippen molar-refractivity contribution >= 4 is 38.6 Å². The number of imide groups is 1. The number of nitrogens with zero attached hydrogens (tertiary/aromatic N) is 3. The molecule has 0 unspecified atom stereocenters. The van der Waals surface area contributed by atoms with Gasteiger partial charge in [-0.3, -0.25) is 14.5 Å². The molecule has 1 aliphatic rings. The number of carbonyl (C=O) groups excluding carboxylic acids is 2. The molecule has 124 valence electrons. The Labute approximate surface area is 149 Å². The zero-order valence-electron chi connectivity index (χ0n) is 12.6. The minimum atomic E-state index is -0.680. The quantitative estimate of drug-likeness (QED) is 0.506. The van der Waals surface area contributed by atoms with Crippen molar-refractivity contribution in [1.82, 2.24) is 15.1 Å². The van der Waals surface area contributed by atoms with Gasteiger partial charge in [-0.1, -0.05) is 28.1 Å². The molecule has 2 N–H and O–H groups in total. The highest BCUT2D eigenvalue weighted by atomic mass is 79.9. The van der Waals surface area contributed by atoms with Gasteiger partial charge in [0.25, 0.3) is 11.8 Å². The van der Waals surface area contributed by atoms with Gasteiger partial charge in [-0.05, 0) is 23.8 Å². The van der Waals surface area contributed by atoms with Gasteiger partial charge in [-0.25, -0.2) is 0 Å². The summed E-state index contributed by atoms with van der Waals surface area (Å²) < 4.78 is 0.813. The third-order valence-corrected chi connectivity index (χ3v) is 4.56. The molecular weight excluding hydrogens is 390 g/mol. The van der Waals surface area contributed by atoms with E-state index in [1.165, 1.54) is 12.3 Å². The number of aromatic nitrogens is 2. The molecule has 2 heterocycles. The second-order valence-electron chi connectivity index (χ2n) is 5.57. The molecular formula is C17H10BrN3O4. The van der Waals surface area contributed by atoms with Crippen LogP contribution in [0, 0.1) is 0 Å². The zero-order valence-corrected chi connectivity index (χ0v) is 14.2. The number of hydrogen-bond acceptors (Lipinski definition) is 6. The van der Waals surface area contributed by atoms with E-state index in [0.717, 1.165) is 14.9 Å². The third kappa shape index (κ3) is 2.25. The maximum absolute atomic E-state index is 12.7. The molecule has 0 atom stereocenters. The van der Waals surface area contributed by atoms with Gasteiger partial charge in [0.05, 0.1) is 23.7 Å². The summed E-state index contributed by atoms with van der Waals surface area (Å²) >= 11 is 3.34. The van der Waals surface area contributed by atoms with Crippen LogP contribution in [0.2, 0.25) is 0 Å². The van der Waals surface area contributed by atoms with Crippen LogP contribution in [0.1, 0.15) is 26.3 Å². The fourth-order valence-corrected chi connectivity index (χ4v) is 3.37. The molecule has 3 aromatic rings. The highest BCUT2D eigenvalue weighted by Crippen LogP contribution is 2.42. The van der Waals surface area contributed by atoms with Gasteiger partial charge in [0.2, 0.25) is 0 Å². The first-order valence-corrected chi connectivity index (χ1v) is 8.08. The lowest BCUT2D eigenvalue weighted by Gasteiger charge is -2.14. The number of phenolic OH excluding ortho intramolecular Hbond substituents is 2. The van der Waals surface area contributed by atoms with Gasteiger partial charge >= 0.3 is 0 Å². The summed E-state index contributed by atoms with van der Waals surface area (Å²) in [6.45, 7) is 0.0205. The van der Waals surface area contributed by atoms with Crippen molar-refractivity contribution in [2.24, 2.45) is 0 Å². The predicted molar refractivity (Wildman–Crippen MR) is 91.2 cm³/mol. The Morgan fingerprint density at radius 1 is 1.04 bits per heavy atom. The molecule has 0 aliphatic carbocycles. The fourth-order valence-electron chi connectivity index (χ4n) is 2.93. The number of hydrogen-bond donors (Lipinski definition) is 2. The fraction of sp³-hybridized carbons (Fsp3) is 0.0588. The molecule has 8 heteroatoms. The average molecular weight is 400 g/mol. The van der Waals surface area contributed by atoms with E-state index in [1.54, 1.807) is 18.2 Å². The molecule has 4 rings (SSSR count). The molecule has 0 saturated heterocycles. The van der Waals surface area contributed by atoms with E-state index in [2.05, 4.69) is 26.1 Å². The van der Waals surface area contributed by atoms with E-state index < -0.39 is 17.6 Å². The van der Waals surface area contributed by atoms with Crippen LogP contribution in [0.4, 0.5) is 0 Å². The molecule has 2 aromatic carbocycles. The standard InChI is InChI=1S/C17H10BrN3O4/c18-9-3-1-2-8(6-9)7-21-16(24)11-12(17(21)25)15(23)13-10(14(11)22)4-5-19-20-13/h1-6,22-23H,7H2. The van der Waals surface area contributed by atoms with E-state index in [4.69, 9.17) is 0 Å². The third-order valence-electron chi connectivity index (χ3n) is 4.07. The molecule has 0 bridgehead atoms. The summed E-state index contributed by atoms with van der Waals surface area (Å²) in [6, 6.07) is 8.60. The van der Waals surface area contributed by atoms with Crippen LogP contribution in [0.15, 0.2) is 41.0 Å². The number of amides is 2. The van der Waals surface area contributed by atoms with Crippen LogP contribution in [0.3, 0.4) is 0 Å². The van der Waals surface area contributed by atoms with E-state index in [1.807, 2.05) is 6.07 Å². The lowest BCUT2D eigenvalue weighted by atomic mass is 10.0. The van der Waals surface area contributed by atoms with Crippen molar-refractivity contribution in [3.05, 3.63) is 57.7 Å². The maximum atomic E-state index is 12.7. The lowest BCUT2D eigenvalue weighted by Crippen LogP contribution is -2.29. The van der Waals surface area contributed by atoms with Gasteiger partial charge < -0.3 is 10.2 Å². The Morgan fingerprint density at radius 3 is 2.48 bits per heavy atom. The normalized spacial score (nSPS) is 13.6. The Bertz CT molecular complexity index is 1010. The van der Waals surface area contributed by atoms with Crippen LogP contribution >= 0.6 is 15.9 Å². The first-order valence-electron chi connectivity index (χ1n) is 7.29. The molecule has 0 saturated carbocycles. The Hall–Kier alpha value is -3.00. The summed E-state index contributed by atoms with van der Waals surface area (Å²) in [4.78, 5) is 26.4. The average Bonchev–Trinajstić information content (AvgIpc) is 2.85. The number of carbonyl (C=O) groups is 2. The van der Waals surface area contributed by atoms with E-state index in [0.29, 0.717) is 0 Å². The van der Waals surface area contributed by atoms with Crippen LogP contribution < -0.4 is 0 Å². The van der Waals surface area contributed by atoms with Crippen LogP contribution in [-0.2, 0) is 6.54 Å². The smallest absolute Gasteiger partial charge is 0.265 e. The first-order chi connectivity index (χ1) is 12.0. The molecule has 1 aliphatic heterocycles. The second kappa shape index (κ2) is 5.52. The molecule has 1 aromatic heterocycles. The summed E-state index contributed by atoms with van der Waals surface area (Å²) in [5.41, 5.74) is 0.250. The van der Waals surface area contributed by atoms with Crippen molar-refractivity contribution in [3.8, 4) is 11.5 Å². The highest BCUT2D eigenvalue weighted by Gasteiger charge is 2.42. The summed E-state index contributed by atoms with van der Waals surface area (Å²) in [5, 5.41) is 28.4. The zero-order chi connectivity index (χ0) is 17.7. The van der Waals surface area contributed by atoms with Gasteiger partial charge in [0.15, 0.2) is 5.75 Å². The van der Waals surface area contributed by atoms with Gasteiger partial charge in [0.1, 0.15) is 16.8 Å². The largest absolute Gasteiger partial charge is 0.506 e. The minimum absolute atomic E-state index is 0.0205. The van der Waals surface area contributed by atoms with Crippen molar-refractivity contribution in [2.45, 2.75) is 6.54 Å². The second-order valence-corrected chi connectivity index (χ2v) is 6.48. The van der Waals surface area contributed by atoms with Crippen LogP contribution in [-0.4, -0.2) is 37.1 Å². The van der Waals surface area contributed by atoms with E-state index in [9.17, 15) is 19.8 Å². The SMILES string of the molecule is O=C1c2c(c(O)c3nnccc3c2O)C(=O)N1Cc1cccc(Br)c1. The van der Waals surface area contributed by atoms with Crippen LogP contribution in [0.5, 0.6) is 11.5 Å². The van der Waals surface area contributed by atoms with Crippen molar-refractivity contribution in [3.63, 3.8) is 0 Å². The van der Waals surface area contributed by atoms with Crippen molar-refractivity contribution < 1.29 is 19.8 Å². The molecule has 0 fully saturated rings. The van der Waals surface area contributed by atoms with Gasteiger partial charge in [-0.15, -0.1) is 5.10 Å². The maximum Gasteiger partial charge on any atom is 0.265 e. The summed E-state index contributed by atoms with van der Waals surface area (Å²) in [7, 11) is 0. The highest BCUT2D eigenvalue weighted by molar-refractivity contribution is 9.10. The molecule has 2 amide bonds. The summed E-state index contributed by atoms with van der Waals surface area (Å²) in [5.74, 6) is -2.18. The number of rotatable bonds is 2. The monoisotopic (exact) mass is 399 g/mol. The number of fused-ring (bicyclic) bond motifs is 2. The molecule has 0 radical (unpaired) electrons. The molecule has 7 nitrogen and oxygen atoms in total. The van der Waals surface area contributed by atoms with Gasteiger partial charge in [0, 0.05) is 4.47 Å². The van der Waals surface area contributed by atoms with Crippen molar-refractivity contribution in [2.75, 3.05) is 0 Å². The Balaban J connectivity index is 1.86. The van der Waals surface area contributed by atoms with Crippen LogP contribution in [0.25, 0.3) is 10.9 Å². The molecule has 25 heavy (non-hydrogen) atoms. The van der Waals surface area contributed by atoms with Crippen molar-refractivity contribution in [1.29, 1.82) is 0 Å². The Morgan fingerprint density at radius 2 is 1.76 bits per heavy atom. The molecule has 0 spiro atoms. The predicted octanol–water partition coefficient (Wildman–Crippen LogP) is 2.60. The number of halogens is 1. The van der Waals surface area contributed by atoms with Gasteiger partial charge in [-0.2, -0.15) is 5.10 Å². The van der Waals surface area contributed by atoms with E-state index in [-0.39, 0.29) is 34.3 Å². The Kier molecular flexibility index (Phi) is 3.43.